The zero-order chi connectivity index (χ0) is 14.7. The van der Waals surface area contributed by atoms with Gasteiger partial charge in [-0.25, -0.2) is 0 Å². The van der Waals surface area contributed by atoms with Crippen LogP contribution in [-0.4, -0.2) is 34.1 Å². The van der Waals surface area contributed by atoms with Gasteiger partial charge in [-0.3, -0.25) is 9.59 Å². The van der Waals surface area contributed by atoms with Crippen molar-refractivity contribution >= 4 is 22.8 Å². The number of nitrogens with zero attached hydrogens (tertiary/aromatic N) is 1. The van der Waals surface area contributed by atoms with Gasteiger partial charge >= 0.3 is 5.97 Å². The van der Waals surface area contributed by atoms with E-state index in [0.29, 0.717) is 5.69 Å². The van der Waals surface area contributed by atoms with Crippen molar-refractivity contribution in [2.45, 2.75) is 12.5 Å². The van der Waals surface area contributed by atoms with Crippen molar-refractivity contribution in [1.82, 2.24) is 9.88 Å². The second kappa shape index (κ2) is 5.75. The van der Waals surface area contributed by atoms with Crippen LogP contribution in [0.3, 0.4) is 0 Å². The number of benzene rings is 1. The van der Waals surface area contributed by atoms with Gasteiger partial charge in [0.1, 0.15) is 11.7 Å². The zero-order valence-corrected chi connectivity index (χ0v) is 11.2. The number of carbonyl (C=O) groups excluding carboxylic acids is 1. The number of para-hydroxylation sites is 1. The first-order valence-corrected chi connectivity index (χ1v) is 6.31. The maximum Gasteiger partial charge on any atom is 0.320 e. The number of hydrogen-bond acceptors (Lipinski definition) is 3. The maximum absolute atomic E-state index is 12.1. The highest BCUT2D eigenvalue weighted by Gasteiger charge is 2.14. The van der Waals surface area contributed by atoms with Gasteiger partial charge in [0.2, 0.25) is 0 Å². The molecule has 106 valence electrons. The van der Waals surface area contributed by atoms with E-state index in [9.17, 15) is 9.59 Å². The van der Waals surface area contributed by atoms with Crippen LogP contribution in [-0.2, 0) is 11.8 Å². The molecule has 0 saturated carbocycles. The van der Waals surface area contributed by atoms with Crippen LogP contribution in [0.5, 0.6) is 0 Å². The van der Waals surface area contributed by atoms with Crippen molar-refractivity contribution in [1.29, 1.82) is 0 Å². The van der Waals surface area contributed by atoms with Crippen molar-refractivity contribution < 1.29 is 14.7 Å². The summed E-state index contributed by atoms with van der Waals surface area (Å²) in [4.78, 5) is 22.6. The Hall–Kier alpha value is -2.34. The number of fused-ring (bicyclic) bond motifs is 1. The Morgan fingerprint density at radius 1 is 1.40 bits per heavy atom. The Morgan fingerprint density at radius 2 is 2.10 bits per heavy atom. The van der Waals surface area contributed by atoms with Crippen molar-refractivity contribution in [2.24, 2.45) is 12.8 Å². The number of aryl methyl sites for hydroxylation is 1. The first-order chi connectivity index (χ1) is 9.50. The Kier molecular flexibility index (Phi) is 4.05. The van der Waals surface area contributed by atoms with Gasteiger partial charge in [-0.15, -0.1) is 0 Å². The average molecular weight is 275 g/mol. The Labute approximate surface area is 116 Å². The number of aromatic nitrogens is 1. The molecule has 6 nitrogen and oxygen atoms in total. The molecule has 6 heteroatoms. The van der Waals surface area contributed by atoms with E-state index in [1.807, 2.05) is 41.9 Å². The minimum Gasteiger partial charge on any atom is -0.480 e. The van der Waals surface area contributed by atoms with Gasteiger partial charge in [-0.2, -0.15) is 0 Å². The topological polar surface area (TPSA) is 97.4 Å². The molecular formula is C14H17N3O3. The summed E-state index contributed by atoms with van der Waals surface area (Å²) in [5, 5.41) is 12.3. The van der Waals surface area contributed by atoms with Crippen LogP contribution in [0.2, 0.25) is 0 Å². The predicted molar refractivity (Wildman–Crippen MR) is 75.5 cm³/mol. The molecule has 4 N–H and O–H groups in total. The molecule has 1 aromatic carbocycles. The van der Waals surface area contributed by atoms with E-state index < -0.39 is 12.0 Å². The molecule has 0 aliphatic rings. The molecule has 1 amide bonds. The largest absolute Gasteiger partial charge is 0.480 e. The van der Waals surface area contributed by atoms with E-state index in [0.717, 1.165) is 10.9 Å². The van der Waals surface area contributed by atoms with Crippen LogP contribution in [0, 0.1) is 0 Å². The van der Waals surface area contributed by atoms with E-state index in [1.54, 1.807) is 0 Å². The van der Waals surface area contributed by atoms with Crippen molar-refractivity contribution in [3.8, 4) is 0 Å². The molecule has 2 aromatic rings. The van der Waals surface area contributed by atoms with Crippen LogP contribution in [0.25, 0.3) is 10.9 Å². The lowest BCUT2D eigenvalue weighted by Gasteiger charge is -2.08. The summed E-state index contributed by atoms with van der Waals surface area (Å²) in [7, 11) is 1.82. The van der Waals surface area contributed by atoms with E-state index in [1.165, 1.54) is 0 Å². The smallest absolute Gasteiger partial charge is 0.320 e. The lowest BCUT2D eigenvalue weighted by molar-refractivity contribution is -0.138. The third-order valence-corrected chi connectivity index (χ3v) is 3.24. The van der Waals surface area contributed by atoms with E-state index in [4.69, 9.17) is 10.8 Å². The van der Waals surface area contributed by atoms with Gasteiger partial charge in [0.05, 0.1) is 0 Å². The molecule has 0 aliphatic carbocycles. The second-order valence-corrected chi connectivity index (χ2v) is 4.64. The van der Waals surface area contributed by atoms with Gasteiger partial charge in [0.15, 0.2) is 0 Å². The molecule has 1 atom stereocenters. The Bertz CT molecular complexity index is 648. The minimum absolute atomic E-state index is 0.199. The lowest BCUT2D eigenvalue weighted by Crippen LogP contribution is -2.35. The summed E-state index contributed by atoms with van der Waals surface area (Å²) in [6, 6.07) is 8.55. The fourth-order valence-electron chi connectivity index (χ4n) is 2.06. The second-order valence-electron chi connectivity index (χ2n) is 4.64. The van der Waals surface area contributed by atoms with Gasteiger partial charge in [-0.1, -0.05) is 18.2 Å². The summed E-state index contributed by atoms with van der Waals surface area (Å²) in [5.74, 6) is -1.30. The summed E-state index contributed by atoms with van der Waals surface area (Å²) in [6.45, 7) is 0.230. The van der Waals surface area contributed by atoms with Crippen LogP contribution >= 0.6 is 0 Å². The third-order valence-electron chi connectivity index (χ3n) is 3.24. The van der Waals surface area contributed by atoms with Crippen LogP contribution in [0.4, 0.5) is 0 Å². The van der Waals surface area contributed by atoms with Crippen LogP contribution < -0.4 is 11.1 Å². The fraction of sp³-hybridized carbons (Fsp3) is 0.286. The zero-order valence-electron chi connectivity index (χ0n) is 11.2. The fourth-order valence-corrected chi connectivity index (χ4v) is 2.06. The number of rotatable bonds is 5. The highest BCUT2D eigenvalue weighted by Crippen LogP contribution is 2.17. The normalized spacial score (nSPS) is 12.3. The van der Waals surface area contributed by atoms with Gasteiger partial charge in [0, 0.05) is 24.5 Å². The molecular weight excluding hydrogens is 258 g/mol. The average Bonchev–Trinajstić information content (AvgIpc) is 2.76. The molecule has 0 spiro atoms. The number of nitrogens with one attached hydrogen (secondary N) is 1. The summed E-state index contributed by atoms with van der Waals surface area (Å²) in [6.07, 6.45) is 0.199. The predicted octanol–water partition coefficient (Wildman–Crippen LogP) is 0.710. The monoisotopic (exact) mass is 275 g/mol. The Morgan fingerprint density at radius 3 is 2.75 bits per heavy atom. The lowest BCUT2D eigenvalue weighted by atomic mass is 10.2. The number of aliphatic carboxylic acids is 1. The number of amides is 1. The van der Waals surface area contributed by atoms with E-state index >= 15 is 0 Å². The molecule has 0 radical (unpaired) electrons. The minimum atomic E-state index is -1.07. The molecule has 1 aromatic heterocycles. The SMILES string of the molecule is Cn1c(C(=O)NCCC(N)C(=O)O)cc2ccccc21. The van der Waals surface area contributed by atoms with Crippen molar-refractivity contribution in [2.75, 3.05) is 6.54 Å². The summed E-state index contributed by atoms with van der Waals surface area (Å²) >= 11 is 0. The molecule has 20 heavy (non-hydrogen) atoms. The van der Waals surface area contributed by atoms with Gasteiger partial charge in [0.25, 0.3) is 5.91 Å². The molecule has 1 unspecified atom stereocenters. The first kappa shape index (κ1) is 14.1. The Balaban J connectivity index is 2.04. The van der Waals surface area contributed by atoms with Gasteiger partial charge in [-0.05, 0) is 18.6 Å². The van der Waals surface area contributed by atoms with Crippen LogP contribution in [0.15, 0.2) is 30.3 Å². The molecule has 2 rings (SSSR count). The number of nitrogens with two attached hydrogens (primary N) is 1. The first-order valence-electron chi connectivity index (χ1n) is 6.31. The third kappa shape index (κ3) is 2.80. The number of carboxylic acids is 1. The standard InChI is InChI=1S/C14H17N3O3/c1-17-11-5-3-2-4-9(11)8-12(17)13(18)16-7-6-10(15)14(19)20/h2-5,8,10H,6-7,15H2,1H3,(H,16,18)(H,19,20). The van der Waals surface area contributed by atoms with Gasteiger partial charge < -0.3 is 20.7 Å². The maximum atomic E-state index is 12.1. The quantitative estimate of drug-likeness (QED) is 0.748. The van der Waals surface area contributed by atoms with E-state index in [2.05, 4.69) is 5.32 Å². The number of hydrogen-bond donors (Lipinski definition) is 3. The molecule has 0 saturated heterocycles. The van der Waals surface area contributed by atoms with Crippen molar-refractivity contribution in [3.05, 3.63) is 36.0 Å². The number of carbonyl (C=O) groups is 2. The highest BCUT2D eigenvalue weighted by molar-refractivity contribution is 5.98. The molecule has 0 bridgehead atoms. The summed E-state index contributed by atoms with van der Waals surface area (Å²) in [5.41, 5.74) is 6.89. The number of carboxylic acid groups (broad SMARTS) is 1. The van der Waals surface area contributed by atoms with E-state index in [-0.39, 0.29) is 18.9 Å². The van der Waals surface area contributed by atoms with Crippen LogP contribution in [0.1, 0.15) is 16.9 Å². The molecule has 1 heterocycles. The summed E-state index contributed by atoms with van der Waals surface area (Å²) < 4.78 is 1.81. The molecule has 0 aliphatic heterocycles. The molecule has 0 fully saturated rings. The highest BCUT2D eigenvalue weighted by atomic mass is 16.4. The van der Waals surface area contributed by atoms with Crippen molar-refractivity contribution in [3.63, 3.8) is 0 Å².